The Bertz CT molecular complexity index is 651. The van der Waals surface area contributed by atoms with Crippen molar-refractivity contribution in [3.63, 3.8) is 0 Å². The van der Waals surface area contributed by atoms with Gasteiger partial charge in [0.1, 0.15) is 5.75 Å². The van der Waals surface area contributed by atoms with Crippen molar-refractivity contribution in [1.82, 2.24) is 5.32 Å². The zero-order valence-electron chi connectivity index (χ0n) is 11.7. The Morgan fingerprint density at radius 3 is 2.81 bits per heavy atom. The van der Waals surface area contributed by atoms with E-state index in [4.69, 9.17) is 4.74 Å². The molecule has 5 heteroatoms. The van der Waals surface area contributed by atoms with E-state index in [0.29, 0.717) is 12.8 Å². The van der Waals surface area contributed by atoms with Gasteiger partial charge in [-0.1, -0.05) is 6.07 Å². The summed E-state index contributed by atoms with van der Waals surface area (Å²) in [5.41, 5.74) is 2.58. The van der Waals surface area contributed by atoms with E-state index in [0.717, 1.165) is 39.9 Å². The summed E-state index contributed by atoms with van der Waals surface area (Å²) in [5.74, 6) is 0.737. The predicted molar refractivity (Wildman–Crippen MR) is 82.1 cm³/mol. The van der Waals surface area contributed by atoms with Crippen LogP contribution >= 0.6 is 15.9 Å². The van der Waals surface area contributed by atoms with E-state index in [9.17, 15) is 9.59 Å². The molecule has 1 heterocycles. The molecule has 1 amide bonds. The van der Waals surface area contributed by atoms with Gasteiger partial charge < -0.3 is 10.1 Å². The Kier molecular flexibility index (Phi) is 3.85. The van der Waals surface area contributed by atoms with Crippen LogP contribution in [0.5, 0.6) is 5.75 Å². The van der Waals surface area contributed by atoms with E-state index in [2.05, 4.69) is 21.2 Å². The molecule has 0 spiro atoms. The molecule has 2 aliphatic rings. The van der Waals surface area contributed by atoms with Crippen LogP contribution in [0, 0.1) is 0 Å². The van der Waals surface area contributed by atoms with Crippen molar-refractivity contribution < 1.29 is 14.3 Å². The highest BCUT2D eigenvalue weighted by atomic mass is 79.9. The Hall–Kier alpha value is -1.62. The van der Waals surface area contributed by atoms with Crippen molar-refractivity contribution in [1.29, 1.82) is 0 Å². The lowest BCUT2D eigenvalue weighted by atomic mass is 9.78. The largest absolute Gasteiger partial charge is 0.496 e. The van der Waals surface area contributed by atoms with Gasteiger partial charge in [-0.2, -0.15) is 0 Å². The molecular formula is C16H16BrNO3. The van der Waals surface area contributed by atoms with E-state index in [1.165, 1.54) is 0 Å². The monoisotopic (exact) mass is 349 g/mol. The van der Waals surface area contributed by atoms with E-state index in [1.807, 2.05) is 18.2 Å². The zero-order valence-corrected chi connectivity index (χ0v) is 13.3. The van der Waals surface area contributed by atoms with Crippen LogP contribution in [-0.2, 0) is 9.59 Å². The zero-order chi connectivity index (χ0) is 15.0. The fourth-order valence-electron chi connectivity index (χ4n) is 3.09. The molecule has 0 saturated heterocycles. The normalized spacial score (nSPS) is 21.9. The van der Waals surface area contributed by atoms with Gasteiger partial charge in [0, 0.05) is 30.0 Å². The smallest absolute Gasteiger partial charge is 0.225 e. The minimum absolute atomic E-state index is 0.0135. The number of allylic oxidation sites excluding steroid dienone is 2. The van der Waals surface area contributed by atoms with Crippen molar-refractivity contribution in [2.45, 2.75) is 31.6 Å². The van der Waals surface area contributed by atoms with E-state index >= 15 is 0 Å². The lowest BCUT2D eigenvalue weighted by molar-refractivity contribution is -0.122. The minimum atomic E-state index is -0.149. The van der Waals surface area contributed by atoms with Gasteiger partial charge in [-0.25, -0.2) is 0 Å². The summed E-state index contributed by atoms with van der Waals surface area (Å²) in [6.45, 7) is 0. The number of amides is 1. The number of Topliss-reactive ketones (excluding diaryl/α,β-unsaturated/α-hetero) is 1. The average molecular weight is 350 g/mol. The molecule has 0 fully saturated rings. The number of methoxy groups -OCH3 is 1. The van der Waals surface area contributed by atoms with Gasteiger partial charge in [0.05, 0.1) is 11.6 Å². The Morgan fingerprint density at radius 1 is 1.29 bits per heavy atom. The fraction of sp³-hybridized carbons (Fsp3) is 0.375. The van der Waals surface area contributed by atoms with Crippen LogP contribution in [0.15, 0.2) is 33.9 Å². The predicted octanol–water partition coefficient (Wildman–Crippen LogP) is 3.07. The minimum Gasteiger partial charge on any atom is -0.496 e. The summed E-state index contributed by atoms with van der Waals surface area (Å²) in [6.07, 6.45) is 2.49. The lowest BCUT2D eigenvalue weighted by Crippen LogP contribution is -2.36. The van der Waals surface area contributed by atoms with Gasteiger partial charge in [-0.15, -0.1) is 0 Å². The molecule has 0 radical (unpaired) electrons. The standard InChI is InChI=1S/C16H16BrNO3/c1-21-14-6-5-9(7-11(14)17)10-8-15(20)18-12-3-2-4-13(19)16(10)12/h5-7,10H,2-4,8H2,1H3,(H,18,20)/t10-/m0/s1. The van der Waals surface area contributed by atoms with Crippen molar-refractivity contribution in [3.8, 4) is 5.75 Å². The number of carbonyl (C=O) groups is 2. The molecule has 1 aliphatic carbocycles. The Labute approximate surface area is 131 Å². The van der Waals surface area contributed by atoms with Crippen LogP contribution in [0.4, 0.5) is 0 Å². The molecule has 0 saturated carbocycles. The summed E-state index contributed by atoms with van der Waals surface area (Å²) < 4.78 is 6.06. The summed E-state index contributed by atoms with van der Waals surface area (Å²) in [5, 5.41) is 2.87. The molecule has 1 aromatic rings. The summed E-state index contributed by atoms with van der Waals surface area (Å²) in [4.78, 5) is 24.2. The van der Waals surface area contributed by atoms with Crippen molar-refractivity contribution in [2.75, 3.05) is 7.11 Å². The SMILES string of the molecule is COc1ccc([C@@H]2CC(=O)NC3=C2C(=O)CCC3)cc1Br. The molecule has 0 unspecified atom stereocenters. The Morgan fingerprint density at radius 2 is 2.10 bits per heavy atom. The van der Waals surface area contributed by atoms with Crippen molar-refractivity contribution in [2.24, 2.45) is 0 Å². The molecule has 1 aliphatic heterocycles. The van der Waals surface area contributed by atoms with Crippen LogP contribution in [0.1, 0.15) is 37.2 Å². The molecule has 0 aromatic heterocycles. The Balaban J connectivity index is 2.05. The maximum atomic E-state index is 12.3. The number of rotatable bonds is 2. The van der Waals surface area contributed by atoms with E-state index in [1.54, 1.807) is 7.11 Å². The third kappa shape index (κ3) is 2.62. The first-order chi connectivity index (χ1) is 10.1. The van der Waals surface area contributed by atoms with Crippen molar-refractivity contribution >= 4 is 27.6 Å². The van der Waals surface area contributed by atoms with E-state index in [-0.39, 0.29) is 17.6 Å². The summed E-state index contributed by atoms with van der Waals surface area (Å²) in [7, 11) is 1.61. The highest BCUT2D eigenvalue weighted by Gasteiger charge is 2.34. The molecule has 1 atom stereocenters. The number of hydrogen-bond acceptors (Lipinski definition) is 3. The molecule has 3 rings (SSSR count). The van der Waals surface area contributed by atoms with Crippen LogP contribution < -0.4 is 10.1 Å². The second kappa shape index (κ2) is 5.64. The molecule has 4 nitrogen and oxygen atoms in total. The van der Waals surface area contributed by atoms with Crippen LogP contribution in [-0.4, -0.2) is 18.8 Å². The third-order valence-electron chi connectivity index (χ3n) is 4.06. The molecular weight excluding hydrogens is 334 g/mol. The number of ketones is 1. The third-order valence-corrected chi connectivity index (χ3v) is 4.68. The first-order valence-electron chi connectivity index (χ1n) is 6.99. The maximum Gasteiger partial charge on any atom is 0.225 e. The number of halogens is 1. The van der Waals surface area contributed by atoms with Gasteiger partial charge in [-0.05, 0) is 46.5 Å². The highest BCUT2D eigenvalue weighted by molar-refractivity contribution is 9.10. The molecule has 1 aromatic carbocycles. The summed E-state index contributed by atoms with van der Waals surface area (Å²) in [6, 6.07) is 5.73. The molecule has 1 N–H and O–H groups in total. The van der Waals surface area contributed by atoms with Crippen LogP contribution in [0.2, 0.25) is 0 Å². The average Bonchev–Trinajstić information content (AvgIpc) is 2.46. The maximum absolute atomic E-state index is 12.3. The molecule has 0 bridgehead atoms. The molecule has 110 valence electrons. The molecule has 21 heavy (non-hydrogen) atoms. The van der Waals surface area contributed by atoms with Gasteiger partial charge in [0.15, 0.2) is 5.78 Å². The lowest BCUT2D eigenvalue weighted by Gasteiger charge is -2.31. The highest BCUT2D eigenvalue weighted by Crippen LogP contribution is 2.39. The van der Waals surface area contributed by atoms with E-state index < -0.39 is 0 Å². The van der Waals surface area contributed by atoms with Gasteiger partial charge in [0.2, 0.25) is 5.91 Å². The number of ether oxygens (including phenoxy) is 1. The quantitative estimate of drug-likeness (QED) is 0.892. The first-order valence-corrected chi connectivity index (χ1v) is 7.79. The summed E-state index contributed by atoms with van der Waals surface area (Å²) >= 11 is 3.47. The number of nitrogens with one attached hydrogen (secondary N) is 1. The van der Waals surface area contributed by atoms with Gasteiger partial charge >= 0.3 is 0 Å². The number of benzene rings is 1. The number of carbonyl (C=O) groups excluding carboxylic acids is 2. The topological polar surface area (TPSA) is 55.4 Å². The fourth-order valence-corrected chi connectivity index (χ4v) is 3.65. The second-order valence-electron chi connectivity index (χ2n) is 5.37. The van der Waals surface area contributed by atoms with Gasteiger partial charge in [0.25, 0.3) is 0 Å². The number of hydrogen-bond donors (Lipinski definition) is 1. The first kappa shape index (κ1) is 14.3. The van der Waals surface area contributed by atoms with Crippen LogP contribution in [0.3, 0.4) is 0 Å². The van der Waals surface area contributed by atoms with Crippen LogP contribution in [0.25, 0.3) is 0 Å². The second-order valence-corrected chi connectivity index (χ2v) is 6.22. The van der Waals surface area contributed by atoms with Crippen molar-refractivity contribution in [3.05, 3.63) is 39.5 Å². The van der Waals surface area contributed by atoms with Gasteiger partial charge in [-0.3, -0.25) is 9.59 Å².